The molecule has 0 aliphatic carbocycles. The lowest BCUT2D eigenvalue weighted by Gasteiger charge is -2.08. The molecule has 4 nitrogen and oxygen atoms in total. The highest BCUT2D eigenvalue weighted by atomic mass is 32.1. The second-order valence-electron chi connectivity index (χ2n) is 5.66. The van der Waals surface area contributed by atoms with E-state index in [0.29, 0.717) is 5.39 Å². The molecule has 0 fully saturated rings. The molecule has 0 aliphatic heterocycles. The summed E-state index contributed by atoms with van der Waals surface area (Å²) in [4.78, 5) is 22.1. The Balaban J connectivity index is 2.24. The average molecular weight is 328 g/mol. The van der Waals surface area contributed by atoms with Crippen LogP contribution in [-0.2, 0) is 6.42 Å². The topological polar surface area (TPSA) is 55.0 Å². The van der Waals surface area contributed by atoms with Crippen LogP contribution >= 0.6 is 11.3 Å². The van der Waals surface area contributed by atoms with Crippen LogP contribution in [-0.4, -0.2) is 17.1 Å². The fourth-order valence-electron chi connectivity index (χ4n) is 2.90. The zero-order valence-corrected chi connectivity index (χ0v) is 14.6. The van der Waals surface area contributed by atoms with E-state index in [1.807, 2.05) is 26.0 Å². The van der Waals surface area contributed by atoms with Crippen LogP contribution in [0, 0.1) is 13.8 Å². The highest BCUT2D eigenvalue weighted by Crippen LogP contribution is 2.37. The second kappa shape index (κ2) is 6.16. The first kappa shape index (κ1) is 15.7. The molecule has 5 heteroatoms. The number of H-pyrrole nitrogens is 1. The van der Waals surface area contributed by atoms with Crippen molar-refractivity contribution in [2.24, 2.45) is 0 Å². The maximum atomic E-state index is 12.6. The molecular weight excluding hydrogens is 308 g/mol. The lowest BCUT2D eigenvalue weighted by atomic mass is 10.0. The number of benzene rings is 1. The van der Waals surface area contributed by atoms with Crippen LogP contribution in [0.5, 0.6) is 5.75 Å². The number of aryl methyl sites for hydroxylation is 3. The van der Waals surface area contributed by atoms with Crippen LogP contribution in [0.1, 0.15) is 29.6 Å². The summed E-state index contributed by atoms with van der Waals surface area (Å²) in [5, 5.41) is 0.692. The molecule has 2 aromatic heterocycles. The van der Waals surface area contributed by atoms with Crippen molar-refractivity contribution >= 4 is 21.6 Å². The summed E-state index contributed by atoms with van der Waals surface area (Å²) >= 11 is 1.58. The van der Waals surface area contributed by atoms with E-state index in [4.69, 9.17) is 4.74 Å². The summed E-state index contributed by atoms with van der Waals surface area (Å²) in [6.45, 7) is 6.13. The SMILES string of the molecule is CCCc1nc2sc(C)c(-c3ccc(OC)c(C)c3)c2c(=O)[nH]1. The number of ether oxygens (including phenoxy) is 1. The maximum Gasteiger partial charge on any atom is 0.260 e. The van der Waals surface area contributed by atoms with Gasteiger partial charge < -0.3 is 9.72 Å². The van der Waals surface area contributed by atoms with E-state index in [-0.39, 0.29) is 5.56 Å². The van der Waals surface area contributed by atoms with Crippen molar-refractivity contribution < 1.29 is 4.74 Å². The van der Waals surface area contributed by atoms with Crippen molar-refractivity contribution in [1.29, 1.82) is 0 Å². The number of aromatic amines is 1. The number of aromatic nitrogens is 2. The number of nitrogens with one attached hydrogen (secondary N) is 1. The lowest BCUT2D eigenvalue weighted by molar-refractivity contribution is 0.412. The molecule has 0 aliphatic rings. The van der Waals surface area contributed by atoms with Crippen molar-refractivity contribution in [3.8, 4) is 16.9 Å². The molecule has 0 unspecified atom stereocenters. The summed E-state index contributed by atoms with van der Waals surface area (Å²) in [7, 11) is 1.66. The maximum absolute atomic E-state index is 12.6. The monoisotopic (exact) mass is 328 g/mol. The van der Waals surface area contributed by atoms with E-state index < -0.39 is 0 Å². The molecule has 3 aromatic rings. The Labute approximate surface area is 139 Å². The average Bonchev–Trinajstić information content (AvgIpc) is 2.84. The van der Waals surface area contributed by atoms with Gasteiger partial charge in [-0.15, -0.1) is 11.3 Å². The molecule has 120 valence electrons. The molecule has 3 rings (SSSR count). The van der Waals surface area contributed by atoms with Gasteiger partial charge in [-0.1, -0.05) is 13.0 Å². The van der Waals surface area contributed by atoms with E-state index >= 15 is 0 Å². The van der Waals surface area contributed by atoms with Gasteiger partial charge in [0.1, 0.15) is 16.4 Å². The molecule has 0 saturated carbocycles. The highest BCUT2D eigenvalue weighted by Gasteiger charge is 2.17. The summed E-state index contributed by atoms with van der Waals surface area (Å²) in [5.74, 6) is 1.62. The third kappa shape index (κ3) is 2.77. The molecule has 1 aromatic carbocycles. The van der Waals surface area contributed by atoms with E-state index in [0.717, 1.165) is 50.8 Å². The summed E-state index contributed by atoms with van der Waals surface area (Å²) in [6.07, 6.45) is 1.75. The second-order valence-corrected chi connectivity index (χ2v) is 6.86. The third-order valence-corrected chi connectivity index (χ3v) is 4.96. The Morgan fingerprint density at radius 1 is 1.30 bits per heavy atom. The fourth-order valence-corrected chi connectivity index (χ4v) is 3.96. The predicted molar refractivity (Wildman–Crippen MR) is 95.7 cm³/mol. The summed E-state index contributed by atoms with van der Waals surface area (Å²) in [6, 6.07) is 6.01. The standard InChI is InChI=1S/C18H20N2O2S/c1-5-6-14-19-17(21)16-15(11(3)23-18(16)20-14)12-7-8-13(22-4)10(2)9-12/h7-9H,5-6H2,1-4H3,(H,19,20,21). The van der Waals surface area contributed by atoms with Crippen molar-refractivity contribution in [1.82, 2.24) is 9.97 Å². The molecule has 0 saturated heterocycles. The Morgan fingerprint density at radius 2 is 2.09 bits per heavy atom. The van der Waals surface area contributed by atoms with Gasteiger partial charge in [-0.25, -0.2) is 4.98 Å². The Kier molecular flexibility index (Phi) is 4.22. The van der Waals surface area contributed by atoms with Crippen molar-refractivity contribution in [2.75, 3.05) is 7.11 Å². The number of hydrogen-bond donors (Lipinski definition) is 1. The molecule has 0 amide bonds. The van der Waals surface area contributed by atoms with Gasteiger partial charge in [0.2, 0.25) is 0 Å². The number of rotatable bonds is 4. The number of hydrogen-bond acceptors (Lipinski definition) is 4. The number of nitrogens with zero attached hydrogens (tertiary/aromatic N) is 1. The molecule has 0 bridgehead atoms. The van der Waals surface area contributed by atoms with E-state index in [1.165, 1.54) is 0 Å². The largest absolute Gasteiger partial charge is 0.496 e. The van der Waals surface area contributed by atoms with Crippen LogP contribution in [0.3, 0.4) is 0 Å². The van der Waals surface area contributed by atoms with Gasteiger partial charge in [0.15, 0.2) is 0 Å². The highest BCUT2D eigenvalue weighted by molar-refractivity contribution is 7.19. The van der Waals surface area contributed by atoms with Crippen molar-refractivity contribution in [3.05, 3.63) is 44.8 Å². The Bertz CT molecular complexity index is 925. The van der Waals surface area contributed by atoms with E-state index in [1.54, 1.807) is 18.4 Å². The number of thiophene rings is 1. The quantitative estimate of drug-likeness (QED) is 0.780. The molecule has 0 spiro atoms. The van der Waals surface area contributed by atoms with Crippen LogP contribution < -0.4 is 10.3 Å². The van der Waals surface area contributed by atoms with Crippen LogP contribution in [0.25, 0.3) is 21.3 Å². The lowest BCUT2D eigenvalue weighted by Crippen LogP contribution is -2.11. The fraction of sp³-hybridized carbons (Fsp3) is 0.333. The third-order valence-electron chi connectivity index (χ3n) is 3.96. The molecule has 23 heavy (non-hydrogen) atoms. The molecule has 0 atom stereocenters. The predicted octanol–water partition coefficient (Wildman–Crippen LogP) is 4.23. The first-order valence-corrected chi connectivity index (χ1v) is 8.54. The molecule has 0 radical (unpaired) electrons. The van der Waals surface area contributed by atoms with E-state index in [2.05, 4.69) is 23.0 Å². The molecule has 2 heterocycles. The summed E-state index contributed by atoms with van der Waals surface area (Å²) in [5.41, 5.74) is 3.01. The molecule has 1 N–H and O–H groups in total. The zero-order chi connectivity index (χ0) is 16.6. The van der Waals surface area contributed by atoms with Crippen LogP contribution in [0.2, 0.25) is 0 Å². The summed E-state index contributed by atoms with van der Waals surface area (Å²) < 4.78 is 5.32. The van der Waals surface area contributed by atoms with Crippen molar-refractivity contribution in [3.63, 3.8) is 0 Å². The van der Waals surface area contributed by atoms with Gasteiger partial charge in [0.25, 0.3) is 5.56 Å². The van der Waals surface area contributed by atoms with Gasteiger partial charge in [0, 0.05) is 16.9 Å². The minimum Gasteiger partial charge on any atom is -0.496 e. The van der Waals surface area contributed by atoms with Gasteiger partial charge in [0.05, 0.1) is 12.5 Å². The molecular formula is C18H20N2O2S. The van der Waals surface area contributed by atoms with Crippen LogP contribution in [0.15, 0.2) is 23.0 Å². The van der Waals surface area contributed by atoms with Gasteiger partial charge in [-0.05, 0) is 43.5 Å². The Morgan fingerprint density at radius 3 is 2.74 bits per heavy atom. The van der Waals surface area contributed by atoms with Gasteiger partial charge >= 0.3 is 0 Å². The Hall–Kier alpha value is -2.14. The number of fused-ring (bicyclic) bond motifs is 1. The van der Waals surface area contributed by atoms with E-state index in [9.17, 15) is 4.79 Å². The minimum atomic E-state index is -0.0497. The van der Waals surface area contributed by atoms with Gasteiger partial charge in [-0.2, -0.15) is 0 Å². The zero-order valence-electron chi connectivity index (χ0n) is 13.8. The number of methoxy groups -OCH3 is 1. The van der Waals surface area contributed by atoms with Gasteiger partial charge in [-0.3, -0.25) is 4.79 Å². The minimum absolute atomic E-state index is 0.0497. The van der Waals surface area contributed by atoms with Crippen molar-refractivity contribution in [2.45, 2.75) is 33.6 Å². The first-order valence-electron chi connectivity index (χ1n) is 7.72. The first-order chi connectivity index (χ1) is 11.0. The normalized spacial score (nSPS) is 11.1. The smallest absolute Gasteiger partial charge is 0.260 e. The van der Waals surface area contributed by atoms with Crippen LogP contribution in [0.4, 0.5) is 0 Å².